The van der Waals surface area contributed by atoms with Crippen LogP contribution in [0.1, 0.15) is 22.3 Å². The van der Waals surface area contributed by atoms with Gasteiger partial charge in [0.2, 0.25) is 0 Å². The van der Waals surface area contributed by atoms with Gasteiger partial charge in [0.1, 0.15) is 0 Å². The lowest BCUT2D eigenvalue weighted by atomic mass is 10.00. The van der Waals surface area contributed by atoms with Gasteiger partial charge in [-0.2, -0.15) is 18.2 Å². The first-order valence-electron chi connectivity index (χ1n) is 6.37. The van der Waals surface area contributed by atoms with Gasteiger partial charge in [0.05, 0.1) is 15.8 Å². The van der Waals surface area contributed by atoms with Gasteiger partial charge in [-0.05, 0) is 50.5 Å². The van der Waals surface area contributed by atoms with Crippen LogP contribution in [0.3, 0.4) is 0 Å². The predicted molar refractivity (Wildman–Crippen MR) is 85.3 cm³/mol. The standard InChI is InChI=1S/C17H19ClS/c1-12-10-17(15(4)14(3)13(12)2)19(11-18)16-8-6-5-7-9-16/h5-8,10H,11H2,1-4H3. The van der Waals surface area contributed by atoms with Crippen LogP contribution in [0.5, 0.6) is 0 Å². The van der Waals surface area contributed by atoms with Crippen molar-refractivity contribution in [1.82, 2.24) is 0 Å². The van der Waals surface area contributed by atoms with Crippen LogP contribution in [0, 0.1) is 33.8 Å². The van der Waals surface area contributed by atoms with Crippen molar-refractivity contribution in [2.24, 2.45) is 0 Å². The van der Waals surface area contributed by atoms with E-state index in [1.807, 2.05) is 12.1 Å². The van der Waals surface area contributed by atoms with Gasteiger partial charge in [0.25, 0.3) is 0 Å². The highest BCUT2D eigenvalue weighted by Gasteiger charge is 2.25. The molecular weight excluding hydrogens is 272 g/mol. The second-order valence-corrected chi connectivity index (χ2v) is 7.33. The highest BCUT2D eigenvalue weighted by atomic mass is 35.5. The van der Waals surface area contributed by atoms with Crippen LogP contribution in [0.15, 0.2) is 40.1 Å². The van der Waals surface area contributed by atoms with E-state index in [1.165, 1.54) is 32.0 Å². The first-order chi connectivity index (χ1) is 9.06. The maximum atomic E-state index is 6.25. The zero-order valence-electron chi connectivity index (χ0n) is 11.9. The minimum atomic E-state index is -0.0887. The smallest absolute Gasteiger partial charge is 0.172 e. The fraction of sp³-hybridized carbons (Fsp3) is 0.294. The van der Waals surface area contributed by atoms with Crippen LogP contribution in [0.2, 0.25) is 0 Å². The fourth-order valence-corrected chi connectivity index (χ4v) is 4.67. The Morgan fingerprint density at radius 2 is 1.79 bits per heavy atom. The molecule has 2 aromatic rings. The van der Waals surface area contributed by atoms with Crippen LogP contribution in [0.25, 0.3) is 0 Å². The van der Waals surface area contributed by atoms with Crippen LogP contribution >= 0.6 is 11.6 Å². The summed E-state index contributed by atoms with van der Waals surface area (Å²) in [5, 5.41) is 0.614. The molecule has 0 saturated heterocycles. The average molecular weight is 291 g/mol. The fourth-order valence-electron chi connectivity index (χ4n) is 2.20. The number of aryl methyl sites for hydroxylation is 1. The molecule has 0 N–H and O–H groups in total. The number of hydrogen-bond donors (Lipinski definition) is 0. The van der Waals surface area contributed by atoms with Gasteiger partial charge in [0, 0.05) is 5.56 Å². The van der Waals surface area contributed by atoms with E-state index >= 15 is 0 Å². The third-order valence-electron chi connectivity index (χ3n) is 3.75. The molecule has 0 aliphatic heterocycles. The molecule has 0 amide bonds. The van der Waals surface area contributed by atoms with Crippen LogP contribution in [-0.4, -0.2) is 5.21 Å². The SMILES string of the molecule is Cc1cc([S+](CCl)c2[c-]cccc2)c(C)c(C)c1C. The molecule has 2 aromatic carbocycles. The van der Waals surface area contributed by atoms with Gasteiger partial charge in [-0.1, -0.05) is 11.6 Å². The molecule has 0 bridgehead atoms. The van der Waals surface area contributed by atoms with E-state index in [2.05, 4.69) is 52.0 Å². The van der Waals surface area contributed by atoms with Gasteiger partial charge < -0.3 is 0 Å². The van der Waals surface area contributed by atoms with Crippen molar-refractivity contribution in [3.8, 4) is 0 Å². The molecule has 1 unspecified atom stereocenters. The number of hydrogen-bond acceptors (Lipinski definition) is 0. The minimum absolute atomic E-state index is 0.0887. The van der Waals surface area contributed by atoms with E-state index in [9.17, 15) is 0 Å². The molecule has 0 aliphatic rings. The molecule has 2 heteroatoms. The molecule has 1 atom stereocenters. The van der Waals surface area contributed by atoms with E-state index < -0.39 is 0 Å². The third-order valence-corrected chi connectivity index (χ3v) is 6.37. The Balaban J connectivity index is 2.57. The Morgan fingerprint density at radius 1 is 1.05 bits per heavy atom. The summed E-state index contributed by atoms with van der Waals surface area (Å²) in [5.74, 6) is 0. The highest BCUT2D eigenvalue weighted by Crippen LogP contribution is 2.31. The molecule has 0 spiro atoms. The van der Waals surface area contributed by atoms with Crippen molar-refractivity contribution in [2.45, 2.75) is 37.5 Å². The monoisotopic (exact) mass is 290 g/mol. The van der Waals surface area contributed by atoms with Crippen molar-refractivity contribution in [1.29, 1.82) is 0 Å². The lowest BCUT2D eigenvalue weighted by molar-refractivity contribution is 1.14. The number of halogens is 1. The second-order valence-electron chi connectivity index (χ2n) is 4.79. The third kappa shape index (κ3) is 2.82. The lowest BCUT2D eigenvalue weighted by Gasteiger charge is -2.15. The maximum Gasteiger partial charge on any atom is 0.190 e. The second kappa shape index (κ2) is 6.02. The van der Waals surface area contributed by atoms with Crippen molar-refractivity contribution in [3.63, 3.8) is 0 Å². The normalized spacial score (nSPS) is 12.5. The van der Waals surface area contributed by atoms with Gasteiger partial charge in [-0.25, -0.2) is 0 Å². The zero-order valence-corrected chi connectivity index (χ0v) is 13.5. The molecule has 0 radical (unpaired) electrons. The van der Waals surface area contributed by atoms with Crippen LogP contribution in [0.4, 0.5) is 0 Å². The molecule has 0 aromatic heterocycles. The van der Waals surface area contributed by atoms with E-state index in [1.54, 1.807) is 0 Å². The van der Waals surface area contributed by atoms with Crippen molar-refractivity contribution < 1.29 is 0 Å². The Kier molecular flexibility index (Phi) is 4.59. The maximum absolute atomic E-state index is 6.25. The summed E-state index contributed by atoms with van der Waals surface area (Å²) in [6.07, 6.45) is 0. The van der Waals surface area contributed by atoms with Crippen molar-refractivity contribution >= 4 is 22.5 Å². The van der Waals surface area contributed by atoms with E-state index in [-0.39, 0.29) is 10.9 Å². The summed E-state index contributed by atoms with van der Waals surface area (Å²) >= 11 is 6.25. The largest absolute Gasteiger partial charge is 0.190 e. The van der Waals surface area contributed by atoms with Gasteiger partial charge >= 0.3 is 0 Å². The Morgan fingerprint density at radius 3 is 2.37 bits per heavy atom. The molecule has 0 aliphatic carbocycles. The molecule has 100 valence electrons. The van der Waals surface area contributed by atoms with Crippen molar-refractivity contribution in [2.75, 3.05) is 5.21 Å². The first kappa shape index (κ1) is 14.5. The predicted octanol–water partition coefficient (Wildman–Crippen LogP) is 4.95. The molecule has 0 saturated carbocycles. The minimum Gasteiger partial charge on any atom is -0.172 e. The number of benzene rings is 2. The molecular formula is C17H19ClS. The first-order valence-corrected chi connectivity index (χ1v) is 8.30. The summed E-state index contributed by atoms with van der Waals surface area (Å²) in [6.45, 7) is 8.77. The molecule has 0 heterocycles. The van der Waals surface area contributed by atoms with Crippen LogP contribution in [-0.2, 0) is 10.9 Å². The van der Waals surface area contributed by atoms with E-state index in [0.717, 1.165) is 0 Å². The van der Waals surface area contributed by atoms with Crippen LogP contribution < -0.4 is 0 Å². The molecule has 19 heavy (non-hydrogen) atoms. The number of rotatable bonds is 3. The number of alkyl halides is 1. The quantitative estimate of drug-likeness (QED) is 0.426. The highest BCUT2D eigenvalue weighted by molar-refractivity contribution is 7.98. The molecule has 0 nitrogen and oxygen atoms in total. The summed E-state index contributed by atoms with van der Waals surface area (Å²) in [4.78, 5) is 2.56. The van der Waals surface area contributed by atoms with Gasteiger partial charge in [0.15, 0.2) is 10.1 Å². The zero-order chi connectivity index (χ0) is 14.0. The molecule has 2 rings (SSSR count). The lowest BCUT2D eigenvalue weighted by Crippen LogP contribution is -2.09. The molecule has 0 fully saturated rings. The Bertz CT molecular complexity index is 576. The van der Waals surface area contributed by atoms with E-state index in [0.29, 0.717) is 5.21 Å². The summed E-state index contributed by atoms with van der Waals surface area (Å²) < 4.78 is 0. The summed E-state index contributed by atoms with van der Waals surface area (Å²) in [5.41, 5.74) is 5.48. The Hall–Kier alpha value is -0.920. The topological polar surface area (TPSA) is 0 Å². The summed E-state index contributed by atoms with van der Waals surface area (Å²) in [7, 11) is -0.0887. The van der Waals surface area contributed by atoms with Gasteiger partial charge in [-0.15, -0.1) is 12.1 Å². The average Bonchev–Trinajstić information content (AvgIpc) is 2.44. The Labute approximate surface area is 124 Å². The van der Waals surface area contributed by atoms with E-state index in [4.69, 9.17) is 11.6 Å². The van der Waals surface area contributed by atoms with Crippen molar-refractivity contribution in [3.05, 3.63) is 58.7 Å². The van der Waals surface area contributed by atoms with Gasteiger partial charge in [-0.3, -0.25) is 0 Å². The summed E-state index contributed by atoms with van der Waals surface area (Å²) in [6, 6.07) is 13.8.